The van der Waals surface area contributed by atoms with Crippen LogP contribution < -0.4 is 21.3 Å². The van der Waals surface area contributed by atoms with Gasteiger partial charge in [-0.3, -0.25) is 9.79 Å². The summed E-state index contributed by atoms with van der Waals surface area (Å²) in [6, 6.07) is 7.70. The monoisotopic (exact) mass is 498 g/mol. The zero-order valence-electron chi connectivity index (χ0n) is 15.9. The van der Waals surface area contributed by atoms with Crippen LogP contribution in [0.4, 0.5) is 5.82 Å². The molecule has 1 unspecified atom stereocenters. The summed E-state index contributed by atoms with van der Waals surface area (Å²) in [5.74, 6) is 2.04. The van der Waals surface area contributed by atoms with Gasteiger partial charge in [0.1, 0.15) is 11.6 Å². The molecular formula is C19H27IN6O2. The first-order chi connectivity index (χ1) is 13.2. The molecule has 2 aromatic rings. The molecule has 152 valence electrons. The van der Waals surface area contributed by atoms with Gasteiger partial charge in [0.25, 0.3) is 0 Å². The van der Waals surface area contributed by atoms with Crippen molar-refractivity contribution in [2.45, 2.75) is 25.9 Å². The smallest absolute Gasteiger partial charge is 0.222 e. The maximum Gasteiger partial charge on any atom is 0.222 e. The minimum absolute atomic E-state index is 0. The van der Waals surface area contributed by atoms with Gasteiger partial charge in [-0.05, 0) is 31.0 Å². The fraction of sp³-hybridized carbons (Fsp3) is 0.421. The normalized spacial score (nSPS) is 17.0. The van der Waals surface area contributed by atoms with Crippen LogP contribution in [0.2, 0.25) is 0 Å². The van der Waals surface area contributed by atoms with Gasteiger partial charge >= 0.3 is 0 Å². The third-order valence-electron chi connectivity index (χ3n) is 4.67. The molecule has 0 bridgehead atoms. The number of hydrogen-bond donors (Lipinski definition) is 3. The molecule has 2 aromatic heterocycles. The number of amides is 1. The number of carbonyl (C=O) groups excluding carboxylic acids is 1. The second-order valence-corrected chi connectivity index (χ2v) is 6.53. The number of carbonyl (C=O) groups is 1. The predicted molar refractivity (Wildman–Crippen MR) is 120 cm³/mol. The van der Waals surface area contributed by atoms with E-state index in [2.05, 4.69) is 25.5 Å². The van der Waals surface area contributed by atoms with E-state index in [4.69, 9.17) is 10.2 Å². The van der Waals surface area contributed by atoms with Gasteiger partial charge in [0.15, 0.2) is 5.96 Å². The number of rotatable bonds is 6. The van der Waals surface area contributed by atoms with Crippen molar-refractivity contribution < 1.29 is 9.21 Å². The summed E-state index contributed by atoms with van der Waals surface area (Å²) in [5.41, 5.74) is 6.55. The van der Waals surface area contributed by atoms with E-state index in [1.807, 2.05) is 24.3 Å². The lowest BCUT2D eigenvalue weighted by molar-refractivity contribution is -0.122. The van der Waals surface area contributed by atoms with Crippen LogP contribution in [0.5, 0.6) is 0 Å². The number of aliphatic imine (C=N–C) groups is 1. The number of nitrogens with two attached hydrogens (primary N) is 1. The van der Waals surface area contributed by atoms with E-state index >= 15 is 0 Å². The Labute approximate surface area is 182 Å². The Hall–Kier alpha value is -2.30. The first kappa shape index (κ1) is 22.0. The Morgan fingerprint density at radius 3 is 2.89 bits per heavy atom. The second kappa shape index (κ2) is 10.9. The standard InChI is InChI=1S/C19H26N6O2.HI/c1-21-19(24-12-16-7-4-10-27-16)23-11-14-5-2-8-22-18(14)25-9-3-6-15(13-25)17(20)26;/h2,4-5,7-8,10,15H,3,6,9,11-13H2,1H3,(H2,20,26)(H2,21,23,24);1H. The van der Waals surface area contributed by atoms with Gasteiger partial charge in [0, 0.05) is 38.4 Å². The number of piperidine rings is 1. The third kappa shape index (κ3) is 5.85. The van der Waals surface area contributed by atoms with Crippen LogP contribution in [0, 0.1) is 5.92 Å². The number of primary amides is 1. The predicted octanol–water partition coefficient (Wildman–Crippen LogP) is 1.86. The van der Waals surface area contributed by atoms with E-state index in [1.165, 1.54) is 0 Å². The van der Waals surface area contributed by atoms with Crippen LogP contribution in [0.25, 0.3) is 0 Å². The average Bonchev–Trinajstić information content (AvgIpc) is 3.22. The molecule has 0 saturated carbocycles. The Balaban J connectivity index is 0.00000280. The number of furan rings is 1. The Bertz CT molecular complexity index is 780. The maximum absolute atomic E-state index is 11.6. The van der Waals surface area contributed by atoms with Gasteiger partial charge in [0.05, 0.1) is 18.7 Å². The number of anilines is 1. The van der Waals surface area contributed by atoms with Crippen LogP contribution >= 0.6 is 24.0 Å². The van der Waals surface area contributed by atoms with E-state index in [0.717, 1.165) is 36.5 Å². The molecular weight excluding hydrogens is 471 g/mol. The Morgan fingerprint density at radius 2 is 2.18 bits per heavy atom. The van der Waals surface area contributed by atoms with Crippen molar-refractivity contribution in [1.29, 1.82) is 0 Å². The summed E-state index contributed by atoms with van der Waals surface area (Å²) < 4.78 is 5.32. The SMILES string of the molecule is CN=C(NCc1ccco1)NCc1cccnc1N1CCCC(C(N)=O)C1.I. The van der Waals surface area contributed by atoms with Gasteiger partial charge in [0.2, 0.25) is 5.91 Å². The molecule has 4 N–H and O–H groups in total. The van der Waals surface area contributed by atoms with Crippen molar-refractivity contribution in [3.8, 4) is 0 Å². The summed E-state index contributed by atoms with van der Waals surface area (Å²) in [6.07, 6.45) is 5.20. The van der Waals surface area contributed by atoms with Crippen molar-refractivity contribution in [2.24, 2.45) is 16.6 Å². The van der Waals surface area contributed by atoms with Crippen LogP contribution in [0.15, 0.2) is 46.1 Å². The van der Waals surface area contributed by atoms with Crippen LogP contribution in [0.3, 0.4) is 0 Å². The lowest BCUT2D eigenvalue weighted by Gasteiger charge is -2.33. The van der Waals surface area contributed by atoms with Gasteiger partial charge < -0.3 is 25.7 Å². The molecule has 9 heteroatoms. The van der Waals surface area contributed by atoms with Crippen molar-refractivity contribution in [2.75, 3.05) is 25.0 Å². The van der Waals surface area contributed by atoms with E-state index < -0.39 is 0 Å². The summed E-state index contributed by atoms with van der Waals surface area (Å²) in [5, 5.41) is 6.51. The van der Waals surface area contributed by atoms with Crippen molar-refractivity contribution in [3.05, 3.63) is 48.0 Å². The number of aromatic nitrogens is 1. The van der Waals surface area contributed by atoms with Gasteiger partial charge in [-0.15, -0.1) is 24.0 Å². The molecule has 1 aliphatic rings. The molecule has 3 rings (SSSR count). The first-order valence-electron chi connectivity index (χ1n) is 9.12. The molecule has 1 aliphatic heterocycles. The van der Waals surface area contributed by atoms with Crippen molar-refractivity contribution >= 4 is 41.7 Å². The Morgan fingerprint density at radius 1 is 1.36 bits per heavy atom. The average molecular weight is 498 g/mol. The van der Waals surface area contributed by atoms with E-state index in [-0.39, 0.29) is 35.8 Å². The molecule has 1 atom stereocenters. The molecule has 0 aliphatic carbocycles. The van der Waals surface area contributed by atoms with Crippen LogP contribution in [-0.2, 0) is 17.9 Å². The minimum Gasteiger partial charge on any atom is -0.467 e. The quantitative estimate of drug-likeness (QED) is 0.319. The summed E-state index contributed by atoms with van der Waals surface area (Å²) in [4.78, 5) is 22.5. The molecule has 1 saturated heterocycles. The molecule has 1 amide bonds. The second-order valence-electron chi connectivity index (χ2n) is 6.53. The molecule has 1 fully saturated rings. The lowest BCUT2D eigenvalue weighted by atomic mass is 9.97. The fourth-order valence-corrected chi connectivity index (χ4v) is 3.24. The number of guanidine groups is 1. The highest BCUT2D eigenvalue weighted by molar-refractivity contribution is 14.0. The summed E-state index contributed by atoms with van der Waals surface area (Å²) in [7, 11) is 1.73. The van der Waals surface area contributed by atoms with Gasteiger partial charge in [-0.2, -0.15) is 0 Å². The zero-order chi connectivity index (χ0) is 19.1. The van der Waals surface area contributed by atoms with Crippen molar-refractivity contribution in [1.82, 2.24) is 15.6 Å². The topological polar surface area (TPSA) is 109 Å². The van der Waals surface area contributed by atoms with E-state index in [9.17, 15) is 4.79 Å². The summed E-state index contributed by atoms with van der Waals surface area (Å²) in [6.45, 7) is 2.61. The van der Waals surface area contributed by atoms with Crippen LogP contribution in [-0.4, -0.2) is 37.0 Å². The maximum atomic E-state index is 11.6. The van der Waals surface area contributed by atoms with E-state index in [1.54, 1.807) is 19.5 Å². The Kier molecular flexibility index (Phi) is 8.55. The summed E-state index contributed by atoms with van der Waals surface area (Å²) >= 11 is 0. The molecule has 0 radical (unpaired) electrons. The molecule has 0 spiro atoms. The molecule has 8 nitrogen and oxygen atoms in total. The lowest BCUT2D eigenvalue weighted by Crippen LogP contribution is -2.42. The fourth-order valence-electron chi connectivity index (χ4n) is 3.24. The van der Waals surface area contributed by atoms with E-state index in [0.29, 0.717) is 25.6 Å². The minimum atomic E-state index is -0.238. The zero-order valence-corrected chi connectivity index (χ0v) is 18.3. The van der Waals surface area contributed by atoms with Crippen LogP contribution in [0.1, 0.15) is 24.2 Å². The third-order valence-corrected chi connectivity index (χ3v) is 4.67. The van der Waals surface area contributed by atoms with Crippen molar-refractivity contribution in [3.63, 3.8) is 0 Å². The van der Waals surface area contributed by atoms with Gasteiger partial charge in [-0.25, -0.2) is 4.98 Å². The number of halogens is 1. The molecule has 3 heterocycles. The number of pyridine rings is 1. The first-order valence-corrected chi connectivity index (χ1v) is 9.12. The highest BCUT2D eigenvalue weighted by Gasteiger charge is 2.25. The molecule has 0 aromatic carbocycles. The largest absolute Gasteiger partial charge is 0.467 e. The number of nitrogens with one attached hydrogen (secondary N) is 2. The molecule has 28 heavy (non-hydrogen) atoms. The highest BCUT2D eigenvalue weighted by atomic mass is 127. The number of hydrogen-bond acceptors (Lipinski definition) is 5. The highest BCUT2D eigenvalue weighted by Crippen LogP contribution is 2.24. The van der Waals surface area contributed by atoms with Gasteiger partial charge in [-0.1, -0.05) is 6.07 Å². The number of nitrogens with zero attached hydrogens (tertiary/aromatic N) is 3.